The van der Waals surface area contributed by atoms with Gasteiger partial charge in [0.05, 0.1) is 7.11 Å². The summed E-state index contributed by atoms with van der Waals surface area (Å²) in [6.45, 7) is 5.35. The number of hydrogen-bond acceptors (Lipinski definition) is 6. The second kappa shape index (κ2) is 10.0. The molecular weight excluding hydrogens is 382 g/mol. The summed E-state index contributed by atoms with van der Waals surface area (Å²) in [6, 6.07) is 7.96. The van der Waals surface area contributed by atoms with Crippen LogP contribution < -0.4 is 20.3 Å². The minimum Gasteiger partial charge on any atom is -0.497 e. The normalized spacial score (nSPS) is 17.3. The Bertz CT molecular complexity index is 842. The lowest BCUT2D eigenvalue weighted by atomic mass is 10.0. The first-order chi connectivity index (χ1) is 14.5. The molecule has 2 amide bonds. The van der Waals surface area contributed by atoms with E-state index in [-0.39, 0.29) is 23.8 Å². The molecule has 0 radical (unpaired) electrons. The van der Waals surface area contributed by atoms with Crippen molar-refractivity contribution >= 4 is 17.8 Å². The van der Waals surface area contributed by atoms with Crippen LogP contribution in [0.5, 0.6) is 5.75 Å². The fraction of sp³-hybridized carbons (Fsp3) is 0.455. The smallest absolute Gasteiger partial charge is 0.251 e. The van der Waals surface area contributed by atoms with Crippen molar-refractivity contribution in [3.05, 3.63) is 48.3 Å². The van der Waals surface area contributed by atoms with E-state index in [1.165, 1.54) is 0 Å². The van der Waals surface area contributed by atoms with E-state index in [1.807, 2.05) is 13.8 Å². The second-order valence-electron chi connectivity index (χ2n) is 7.77. The Labute approximate surface area is 177 Å². The van der Waals surface area contributed by atoms with E-state index < -0.39 is 6.04 Å². The molecule has 0 aliphatic carbocycles. The van der Waals surface area contributed by atoms with Gasteiger partial charge in [0.1, 0.15) is 11.8 Å². The highest BCUT2D eigenvalue weighted by Crippen LogP contribution is 2.16. The first-order valence-electron chi connectivity index (χ1n) is 10.2. The molecule has 1 fully saturated rings. The zero-order valence-corrected chi connectivity index (χ0v) is 17.7. The van der Waals surface area contributed by atoms with Gasteiger partial charge < -0.3 is 20.3 Å². The van der Waals surface area contributed by atoms with Gasteiger partial charge in [0, 0.05) is 37.1 Å². The van der Waals surface area contributed by atoms with Crippen LogP contribution in [-0.4, -0.2) is 54.1 Å². The molecule has 0 saturated carbocycles. The number of benzene rings is 1. The van der Waals surface area contributed by atoms with Crippen LogP contribution in [0.15, 0.2) is 42.7 Å². The van der Waals surface area contributed by atoms with Crippen LogP contribution in [-0.2, 0) is 4.79 Å². The molecular formula is C22H29N5O3. The average Bonchev–Trinajstić information content (AvgIpc) is 2.77. The van der Waals surface area contributed by atoms with E-state index in [4.69, 9.17) is 4.74 Å². The zero-order chi connectivity index (χ0) is 21.5. The largest absolute Gasteiger partial charge is 0.497 e. The van der Waals surface area contributed by atoms with Crippen molar-refractivity contribution in [3.8, 4) is 5.75 Å². The SMILES string of the molecule is COc1ccc(C(=O)NC(C(=O)NC2CCCN(c3ncccn3)C2)C(C)C)cc1. The van der Waals surface area contributed by atoms with E-state index in [0.717, 1.165) is 19.4 Å². The van der Waals surface area contributed by atoms with Crippen molar-refractivity contribution in [1.29, 1.82) is 0 Å². The van der Waals surface area contributed by atoms with Crippen molar-refractivity contribution in [2.45, 2.75) is 38.8 Å². The Balaban J connectivity index is 1.61. The molecule has 2 unspecified atom stereocenters. The van der Waals surface area contributed by atoms with Crippen LogP contribution in [0.1, 0.15) is 37.0 Å². The van der Waals surface area contributed by atoms with Crippen LogP contribution in [0.25, 0.3) is 0 Å². The second-order valence-corrected chi connectivity index (χ2v) is 7.77. The molecule has 1 aliphatic rings. The van der Waals surface area contributed by atoms with Crippen molar-refractivity contribution in [3.63, 3.8) is 0 Å². The third-order valence-corrected chi connectivity index (χ3v) is 5.19. The number of amides is 2. The van der Waals surface area contributed by atoms with Crippen molar-refractivity contribution in [1.82, 2.24) is 20.6 Å². The summed E-state index contributed by atoms with van der Waals surface area (Å²) in [4.78, 5) is 36.3. The van der Waals surface area contributed by atoms with E-state index in [1.54, 1.807) is 49.8 Å². The zero-order valence-electron chi connectivity index (χ0n) is 17.7. The highest BCUT2D eigenvalue weighted by atomic mass is 16.5. The third kappa shape index (κ3) is 5.46. The van der Waals surface area contributed by atoms with E-state index in [2.05, 4.69) is 25.5 Å². The number of carbonyl (C=O) groups excluding carboxylic acids is 2. The molecule has 2 atom stereocenters. The molecule has 160 valence electrons. The number of methoxy groups -OCH3 is 1. The molecule has 30 heavy (non-hydrogen) atoms. The van der Waals surface area contributed by atoms with Crippen LogP contribution >= 0.6 is 0 Å². The van der Waals surface area contributed by atoms with Gasteiger partial charge in [-0.1, -0.05) is 13.8 Å². The molecule has 8 heteroatoms. The molecule has 8 nitrogen and oxygen atoms in total. The monoisotopic (exact) mass is 411 g/mol. The fourth-order valence-corrected chi connectivity index (χ4v) is 3.52. The summed E-state index contributed by atoms with van der Waals surface area (Å²) >= 11 is 0. The number of nitrogens with one attached hydrogen (secondary N) is 2. The molecule has 1 aliphatic heterocycles. The number of rotatable bonds is 7. The van der Waals surface area contributed by atoms with Crippen LogP contribution in [0, 0.1) is 5.92 Å². The predicted octanol–water partition coefficient (Wildman–Crippen LogP) is 2.02. The van der Waals surface area contributed by atoms with E-state index in [9.17, 15) is 9.59 Å². The van der Waals surface area contributed by atoms with Gasteiger partial charge in [-0.25, -0.2) is 9.97 Å². The Morgan fingerprint density at radius 1 is 1.17 bits per heavy atom. The van der Waals surface area contributed by atoms with Crippen LogP contribution in [0.2, 0.25) is 0 Å². The number of carbonyl (C=O) groups is 2. The summed E-state index contributed by atoms with van der Waals surface area (Å²) in [6.07, 6.45) is 5.25. The lowest BCUT2D eigenvalue weighted by Crippen LogP contribution is -2.55. The third-order valence-electron chi connectivity index (χ3n) is 5.19. The molecule has 1 saturated heterocycles. The summed E-state index contributed by atoms with van der Waals surface area (Å²) in [7, 11) is 1.57. The molecule has 0 spiro atoms. The van der Waals surface area contributed by atoms with Gasteiger partial charge in [0.25, 0.3) is 5.91 Å². The Morgan fingerprint density at radius 2 is 1.87 bits per heavy atom. The Morgan fingerprint density at radius 3 is 2.50 bits per heavy atom. The van der Waals surface area contributed by atoms with Gasteiger partial charge in [-0.15, -0.1) is 0 Å². The lowest BCUT2D eigenvalue weighted by molar-refractivity contribution is -0.124. The van der Waals surface area contributed by atoms with Crippen molar-refractivity contribution < 1.29 is 14.3 Å². The molecule has 3 rings (SSSR count). The quantitative estimate of drug-likeness (QED) is 0.724. The summed E-state index contributed by atoms with van der Waals surface area (Å²) in [5.74, 6) is 0.838. The van der Waals surface area contributed by atoms with Gasteiger partial charge >= 0.3 is 0 Å². The highest BCUT2D eigenvalue weighted by Gasteiger charge is 2.29. The maximum absolute atomic E-state index is 13.0. The minimum atomic E-state index is -0.622. The molecule has 1 aromatic heterocycles. The van der Waals surface area contributed by atoms with Gasteiger partial charge in [-0.3, -0.25) is 9.59 Å². The summed E-state index contributed by atoms with van der Waals surface area (Å²) in [5.41, 5.74) is 0.485. The molecule has 1 aromatic carbocycles. The van der Waals surface area contributed by atoms with Gasteiger partial charge in [-0.05, 0) is 49.1 Å². The fourth-order valence-electron chi connectivity index (χ4n) is 3.52. The van der Waals surface area contributed by atoms with E-state index >= 15 is 0 Å². The van der Waals surface area contributed by atoms with Gasteiger partial charge in [0.2, 0.25) is 11.9 Å². The number of ether oxygens (including phenoxy) is 1. The first kappa shape index (κ1) is 21.5. The first-order valence-corrected chi connectivity index (χ1v) is 10.2. The maximum atomic E-state index is 13.0. The Kier molecular flexibility index (Phi) is 7.21. The molecule has 2 N–H and O–H groups in total. The summed E-state index contributed by atoms with van der Waals surface area (Å²) < 4.78 is 5.12. The average molecular weight is 412 g/mol. The lowest BCUT2D eigenvalue weighted by Gasteiger charge is -2.34. The number of hydrogen-bond donors (Lipinski definition) is 2. The van der Waals surface area contributed by atoms with Crippen molar-refractivity contribution in [2.75, 3.05) is 25.1 Å². The minimum absolute atomic E-state index is 0.0193. The number of nitrogens with zero attached hydrogens (tertiary/aromatic N) is 3. The maximum Gasteiger partial charge on any atom is 0.251 e. The molecule has 2 heterocycles. The van der Waals surface area contributed by atoms with Gasteiger partial charge in [0.15, 0.2) is 0 Å². The highest BCUT2D eigenvalue weighted by molar-refractivity contribution is 5.97. The molecule has 2 aromatic rings. The number of anilines is 1. The Hall–Kier alpha value is -3.16. The number of aromatic nitrogens is 2. The number of piperidine rings is 1. The summed E-state index contributed by atoms with van der Waals surface area (Å²) in [5, 5.41) is 5.98. The van der Waals surface area contributed by atoms with Crippen LogP contribution in [0.3, 0.4) is 0 Å². The van der Waals surface area contributed by atoms with Crippen molar-refractivity contribution in [2.24, 2.45) is 5.92 Å². The standard InChI is InChI=1S/C22H29N5O3/c1-15(2)19(26-20(28)16-7-9-18(30-3)10-8-16)21(29)25-17-6-4-13-27(14-17)22-23-11-5-12-24-22/h5,7-12,15,17,19H,4,6,13-14H2,1-3H3,(H,25,29)(H,26,28). The topological polar surface area (TPSA) is 96.4 Å². The molecule has 0 bridgehead atoms. The predicted molar refractivity (Wildman–Crippen MR) is 114 cm³/mol. The van der Waals surface area contributed by atoms with Gasteiger partial charge in [-0.2, -0.15) is 0 Å². The van der Waals surface area contributed by atoms with E-state index in [0.29, 0.717) is 23.8 Å². The van der Waals surface area contributed by atoms with Crippen LogP contribution in [0.4, 0.5) is 5.95 Å².